The van der Waals surface area contributed by atoms with Gasteiger partial charge in [0.25, 0.3) is 0 Å². The number of hydrogen-bond donors (Lipinski definition) is 0. The molecule has 3 aromatic rings. The van der Waals surface area contributed by atoms with Gasteiger partial charge in [-0.2, -0.15) is 4.31 Å². The van der Waals surface area contributed by atoms with Gasteiger partial charge in [-0.05, 0) is 47.9 Å². The van der Waals surface area contributed by atoms with Gasteiger partial charge in [-0.3, -0.25) is 9.69 Å². The monoisotopic (exact) mass is 589 g/mol. The van der Waals surface area contributed by atoms with Crippen molar-refractivity contribution in [3.05, 3.63) is 87.9 Å². The lowest BCUT2D eigenvalue weighted by Gasteiger charge is -2.35. The van der Waals surface area contributed by atoms with Crippen LogP contribution in [0.2, 0.25) is 10.0 Å². The summed E-state index contributed by atoms with van der Waals surface area (Å²) in [7, 11) is -4.08. The van der Waals surface area contributed by atoms with Gasteiger partial charge in [0.2, 0.25) is 22.7 Å². The second-order valence-corrected chi connectivity index (χ2v) is 12.2. The van der Waals surface area contributed by atoms with E-state index in [1.807, 2.05) is 48.5 Å². The van der Waals surface area contributed by atoms with Crippen molar-refractivity contribution >= 4 is 39.1 Å². The molecule has 0 unspecified atom stereocenters. The average Bonchev–Trinajstić information content (AvgIpc) is 3.41. The predicted molar refractivity (Wildman–Crippen MR) is 150 cm³/mol. The molecule has 0 saturated carbocycles. The maximum absolute atomic E-state index is 13.7. The van der Waals surface area contributed by atoms with Crippen LogP contribution in [-0.4, -0.2) is 74.5 Å². The molecule has 2 aliphatic rings. The van der Waals surface area contributed by atoms with Crippen LogP contribution in [0.4, 0.5) is 0 Å². The van der Waals surface area contributed by atoms with Gasteiger partial charge in [0.15, 0.2) is 11.5 Å². The number of hydrogen-bond acceptors (Lipinski definition) is 6. The molecule has 206 valence electrons. The summed E-state index contributed by atoms with van der Waals surface area (Å²) in [6.45, 7) is 3.19. The van der Waals surface area contributed by atoms with Gasteiger partial charge in [0, 0.05) is 44.3 Å². The molecule has 1 saturated heterocycles. The molecule has 39 heavy (non-hydrogen) atoms. The molecule has 2 heterocycles. The number of carbonyl (C=O) groups excluding carboxylic acids is 1. The van der Waals surface area contributed by atoms with E-state index in [-0.39, 0.29) is 40.7 Å². The highest BCUT2D eigenvalue weighted by Gasteiger charge is 2.31. The van der Waals surface area contributed by atoms with Gasteiger partial charge in [0.1, 0.15) is 4.90 Å². The summed E-state index contributed by atoms with van der Waals surface area (Å²) in [5, 5.41) is 0.319. The molecular formula is C28H29Cl2N3O5S. The van der Waals surface area contributed by atoms with Crippen molar-refractivity contribution in [1.29, 1.82) is 0 Å². The molecule has 8 nitrogen and oxygen atoms in total. The molecule has 1 amide bonds. The van der Waals surface area contributed by atoms with E-state index in [0.29, 0.717) is 32.6 Å². The van der Waals surface area contributed by atoms with Gasteiger partial charge in [0.05, 0.1) is 11.6 Å². The number of nitrogens with zero attached hydrogens (tertiary/aromatic N) is 3. The molecule has 2 aliphatic heterocycles. The van der Waals surface area contributed by atoms with Crippen LogP contribution in [0.1, 0.15) is 11.1 Å². The van der Waals surface area contributed by atoms with Crippen molar-refractivity contribution in [2.45, 2.75) is 17.9 Å². The van der Waals surface area contributed by atoms with E-state index in [1.54, 1.807) is 4.90 Å². The van der Waals surface area contributed by atoms with Crippen molar-refractivity contribution in [3.63, 3.8) is 0 Å². The Hall–Kier alpha value is -2.82. The van der Waals surface area contributed by atoms with Crippen molar-refractivity contribution in [2.75, 3.05) is 46.1 Å². The molecular weight excluding hydrogens is 561 g/mol. The molecule has 0 bridgehead atoms. The fourth-order valence-electron chi connectivity index (χ4n) is 4.70. The van der Waals surface area contributed by atoms with Gasteiger partial charge < -0.3 is 14.4 Å². The highest BCUT2D eigenvalue weighted by molar-refractivity contribution is 7.89. The summed E-state index contributed by atoms with van der Waals surface area (Å²) < 4.78 is 39.4. The van der Waals surface area contributed by atoms with Crippen molar-refractivity contribution in [2.24, 2.45) is 0 Å². The van der Waals surface area contributed by atoms with E-state index in [9.17, 15) is 13.2 Å². The third kappa shape index (κ3) is 6.67. The van der Waals surface area contributed by atoms with Crippen LogP contribution < -0.4 is 9.47 Å². The number of sulfonamides is 1. The molecule has 0 spiro atoms. The van der Waals surface area contributed by atoms with Gasteiger partial charge in [-0.15, -0.1) is 0 Å². The Balaban J connectivity index is 1.25. The summed E-state index contributed by atoms with van der Waals surface area (Å²) in [6.07, 6.45) is 0.453. The van der Waals surface area contributed by atoms with Gasteiger partial charge in [-0.25, -0.2) is 8.42 Å². The van der Waals surface area contributed by atoms with Crippen LogP contribution in [0.5, 0.6) is 11.5 Å². The topological polar surface area (TPSA) is 79.4 Å². The number of ether oxygens (including phenoxy) is 2. The van der Waals surface area contributed by atoms with Gasteiger partial charge in [-0.1, -0.05) is 59.6 Å². The number of amides is 1. The van der Waals surface area contributed by atoms with Crippen molar-refractivity contribution < 1.29 is 22.7 Å². The molecule has 0 atom stereocenters. The zero-order valence-electron chi connectivity index (χ0n) is 21.3. The maximum Gasteiger partial charge on any atom is 0.245 e. The summed E-state index contributed by atoms with van der Waals surface area (Å²) in [6, 6.07) is 19.8. The predicted octanol–water partition coefficient (Wildman–Crippen LogP) is 4.30. The average molecular weight is 591 g/mol. The first-order valence-electron chi connectivity index (χ1n) is 12.7. The minimum Gasteiger partial charge on any atom is -0.454 e. The zero-order chi connectivity index (χ0) is 27.4. The Labute approximate surface area is 238 Å². The summed E-state index contributed by atoms with van der Waals surface area (Å²) in [4.78, 5) is 17.2. The van der Waals surface area contributed by atoms with Crippen LogP contribution in [0, 0.1) is 0 Å². The smallest absolute Gasteiger partial charge is 0.245 e. The molecule has 11 heteroatoms. The first-order chi connectivity index (χ1) is 18.8. The quantitative estimate of drug-likeness (QED) is 0.370. The van der Waals surface area contributed by atoms with Crippen LogP contribution in [0.15, 0.2) is 71.6 Å². The van der Waals surface area contributed by atoms with E-state index >= 15 is 0 Å². The number of piperazine rings is 1. The number of carbonyl (C=O) groups is 1. The standard InChI is InChI=1S/C28H29Cl2N3O5S/c29-23-7-8-24(30)27(17-23)39(35,36)33(11-10-21-4-2-1-3-5-21)19-28(34)32-14-12-31(13-15-32)18-22-6-9-25-26(16-22)38-20-37-25/h1-9,16-17H,10-15,18-20H2. The molecule has 3 aromatic carbocycles. The minimum atomic E-state index is -4.08. The Kier molecular flexibility index (Phi) is 8.64. The number of halogens is 2. The number of benzene rings is 3. The highest BCUT2D eigenvalue weighted by atomic mass is 35.5. The maximum atomic E-state index is 13.7. The van der Waals surface area contributed by atoms with E-state index in [1.165, 1.54) is 22.5 Å². The SMILES string of the molecule is O=C(CN(CCc1ccccc1)S(=O)(=O)c1cc(Cl)ccc1Cl)N1CCN(Cc2ccc3c(c2)OCO3)CC1. The van der Waals surface area contributed by atoms with Crippen molar-refractivity contribution in [3.8, 4) is 11.5 Å². The number of fused-ring (bicyclic) bond motifs is 1. The first kappa shape index (κ1) is 27.7. The zero-order valence-corrected chi connectivity index (χ0v) is 23.6. The fourth-order valence-corrected chi connectivity index (χ4v) is 6.83. The third-order valence-electron chi connectivity index (χ3n) is 6.88. The Bertz CT molecular complexity index is 1430. The van der Waals surface area contributed by atoms with E-state index < -0.39 is 10.0 Å². The Morgan fingerprint density at radius 2 is 1.62 bits per heavy atom. The lowest BCUT2D eigenvalue weighted by atomic mass is 10.1. The second kappa shape index (κ2) is 12.1. The lowest BCUT2D eigenvalue weighted by Crippen LogP contribution is -2.51. The Morgan fingerprint density at radius 1 is 0.872 bits per heavy atom. The van der Waals surface area contributed by atoms with Crippen molar-refractivity contribution in [1.82, 2.24) is 14.1 Å². The van der Waals surface area contributed by atoms with Crippen LogP contribution in [0.3, 0.4) is 0 Å². The molecule has 0 aliphatic carbocycles. The normalized spacial score (nSPS) is 15.6. The van der Waals surface area contributed by atoms with Crippen LogP contribution in [-0.2, 0) is 27.8 Å². The second-order valence-electron chi connectivity index (χ2n) is 9.49. The molecule has 1 fully saturated rings. The summed E-state index contributed by atoms with van der Waals surface area (Å²) in [5.74, 6) is 1.26. The minimum absolute atomic E-state index is 0.0636. The largest absolute Gasteiger partial charge is 0.454 e. The first-order valence-corrected chi connectivity index (χ1v) is 14.9. The summed E-state index contributed by atoms with van der Waals surface area (Å²) >= 11 is 12.4. The Morgan fingerprint density at radius 3 is 2.38 bits per heavy atom. The van der Waals surface area contributed by atoms with Crippen LogP contribution in [0.25, 0.3) is 0 Å². The van der Waals surface area contributed by atoms with E-state index in [2.05, 4.69) is 4.90 Å². The molecule has 5 rings (SSSR count). The van der Waals surface area contributed by atoms with E-state index in [4.69, 9.17) is 32.7 Å². The third-order valence-corrected chi connectivity index (χ3v) is 9.45. The van der Waals surface area contributed by atoms with Gasteiger partial charge >= 0.3 is 0 Å². The highest BCUT2D eigenvalue weighted by Crippen LogP contribution is 2.33. The van der Waals surface area contributed by atoms with E-state index in [0.717, 1.165) is 29.2 Å². The lowest BCUT2D eigenvalue weighted by molar-refractivity contribution is -0.133. The summed E-state index contributed by atoms with van der Waals surface area (Å²) in [5.41, 5.74) is 2.08. The number of rotatable bonds is 9. The van der Waals surface area contributed by atoms with Crippen LogP contribution >= 0.6 is 23.2 Å². The fraction of sp³-hybridized carbons (Fsp3) is 0.321. The molecule has 0 aromatic heterocycles. The molecule has 0 radical (unpaired) electrons. The molecule has 0 N–H and O–H groups in total.